The van der Waals surface area contributed by atoms with E-state index in [0.29, 0.717) is 12.4 Å². The van der Waals surface area contributed by atoms with Gasteiger partial charge < -0.3 is 25.6 Å². The Labute approximate surface area is 199 Å². The molecule has 34 heavy (non-hydrogen) atoms. The van der Waals surface area contributed by atoms with Gasteiger partial charge in [-0.05, 0) is 55.4 Å². The number of ether oxygens (including phenoxy) is 2. The molecule has 0 unspecified atom stereocenters. The molecule has 3 aromatic rings. The molecular formula is C26H30N4O4. The molecule has 0 bridgehead atoms. The molecule has 8 nitrogen and oxygen atoms in total. The molecule has 1 aliphatic carbocycles. The molecular weight excluding hydrogens is 432 g/mol. The smallest absolute Gasteiger partial charge is 0.320 e. The van der Waals surface area contributed by atoms with Crippen molar-refractivity contribution < 1.29 is 19.4 Å². The second kappa shape index (κ2) is 11.0. The van der Waals surface area contributed by atoms with Crippen molar-refractivity contribution in [1.82, 2.24) is 9.97 Å². The summed E-state index contributed by atoms with van der Waals surface area (Å²) in [5, 5.41) is 12.3. The number of nitrogens with one attached hydrogen (secondary N) is 1. The summed E-state index contributed by atoms with van der Waals surface area (Å²) in [6, 6.07) is 12.6. The van der Waals surface area contributed by atoms with Gasteiger partial charge in [-0.3, -0.25) is 9.78 Å². The highest BCUT2D eigenvalue weighted by atomic mass is 16.5. The average molecular weight is 463 g/mol. The number of benzene rings is 2. The predicted octanol–water partition coefficient (Wildman–Crippen LogP) is 4.04. The Balaban J connectivity index is 1.36. The Bertz CT molecular complexity index is 1100. The van der Waals surface area contributed by atoms with E-state index in [0.717, 1.165) is 46.7 Å². The van der Waals surface area contributed by atoms with Crippen LogP contribution in [-0.2, 0) is 17.8 Å². The number of hydrogen-bond donors (Lipinski definition) is 3. The van der Waals surface area contributed by atoms with Crippen LogP contribution in [0.4, 0.5) is 5.82 Å². The van der Waals surface area contributed by atoms with Crippen molar-refractivity contribution in [2.24, 2.45) is 5.73 Å². The summed E-state index contributed by atoms with van der Waals surface area (Å²) in [5.74, 6) is 1.19. The van der Waals surface area contributed by atoms with Crippen LogP contribution in [0.5, 0.6) is 11.5 Å². The van der Waals surface area contributed by atoms with Crippen molar-refractivity contribution >= 4 is 11.8 Å². The van der Waals surface area contributed by atoms with Crippen LogP contribution in [0.15, 0.2) is 54.9 Å². The van der Waals surface area contributed by atoms with E-state index in [1.54, 1.807) is 19.5 Å². The highest BCUT2D eigenvalue weighted by Crippen LogP contribution is 2.32. The molecule has 2 aromatic carbocycles. The Morgan fingerprint density at radius 1 is 1.09 bits per heavy atom. The zero-order chi connectivity index (χ0) is 23.9. The summed E-state index contributed by atoms with van der Waals surface area (Å²) in [4.78, 5) is 19.9. The number of aliphatic carboxylic acids is 1. The lowest BCUT2D eigenvalue weighted by molar-refractivity contribution is -0.138. The molecule has 0 aliphatic heterocycles. The number of methoxy groups -OCH3 is 1. The predicted molar refractivity (Wildman–Crippen MR) is 130 cm³/mol. The molecule has 0 amide bonds. The first kappa shape index (κ1) is 23.5. The molecule has 0 radical (unpaired) electrons. The second-order valence-corrected chi connectivity index (χ2v) is 8.50. The van der Waals surface area contributed by atoms with E-state index in [-0.39, 0.29) is 12.5 Å². The fourth-order valence-electron chi connectivity index (χ4n) is 4.02. The number of nitrogens with zero attached hydrogens (tertiary/aromatic N) is 2. The topological polar surface area (TPSA) is 120 Å². The maximum atomic E-state index is 10.9. The van der Waals surface area contributed by atoms with Gasteiger partial charge in [0.15, 0.2) is 11.5 Å². The largest absolute Gasteiger partial charge is 0.493 e. The first-order valence-electron chi connectivity index (χ1n) is 11.5. The van der Waals surface area contributed by atoms with Gasteiger partial charge in [0.2, 0.25) is 0 Å². The van der Waals surface area contributed by atoms with E-state index < -0.39 is 12.0 Å². The monoisotopic (exact) mass is 462 g/mol. The Morgan fingerprint density at radius 3 is 2.47 bits per heavy atom. The van der Waals surface area contributed by atoms with Crippen molar-refractivity contribution in [3.8, 4) is 22.8 Å². The van der Waals surface area contributed by atoms with Crippen LogP contribution in [-0.4, -0.2) is 40.3 Å². The normalized spacial score (nSPS) is 14.5. The summed E-state index contributed by atoms with van der Waals surface area (Å²) >= 11 is 0. The third-order valence-corrected chi connectivity index (χ3v) is 5.97. The second-order valence-electron chi connectivity index (χ2n) is 8.50. The minimum atomic E-state index is -1.01. The van der Waals surface area contributed by atoms with Gasteiger partial charge in [-0.2, -0.15) is 0 Å². The molecule has 4 rings (SSSR count). The first-order valence-corrected chi connectivity index (χ1v) is 11.5. The van der Waals surface area contributed by atoms with E-state index in [1.165, 1.54) is 12.8 Å². The van der Waals surface area contributed by atoms with Crippen LogP contribution in [0.1, 0.15) is 36.8 Å². The van der Waals surface area contributed by atoms with Crippen molar-refractivity contribution in [1.29, 1.82) is 0 Å². The van der Waals surface area contributed by atoms with E-state index >= 15 is 0 Å². The van der Waals surface area contributed by atoms with Gasteiger partial charge in [0.25, 0.3) is 0 Å². The molecule has 1 aromatic heterocycles. The molecule has 1 saturated carbocycles. The van der Waals surface area contributed by atoms with Crippen molar-refractivity contribution in [3.05, 3.63) is 66.0 Å². The van der Waals surface area contributed by atoms with E-state index in [9.17, 15) is 4.79 Å². The Morgan fingerprint density at radius 2 is 1.82 bits per heavy atom. The lowest BCUT2D eigenvalue weighted by Crippen LogP contribution is -2.32. The summed E-state index contributed by atoms with van der Waals surface area (Å²) < 4.78 is 11.6. The minimum Gasteiger partial charge on any atom is -0.493 e. The lowest BCUT2D eigenvalue weighted by Gasteiger charge is -2.17. The highest BCUT2D eigenvalue weighted by Gasteiger charge is 2.18. The van der Waals surface area contributed by atoms with Gasteiger partial charge in [-0.1, -0.05) is 30.3 Å². The van der Waals surface area contributed by atoms with Crippen LogP contribution in [0, 0.1) is 0 Å². The van der Waals surface area contributed by atoms with E-state index in [1.807, 2.05) is 42.5 Å². The van der Waals surface area contributed by atoms with Gasteiger partial charge in [0.1, 0.15) is 11.9 Å². The minimum absolute atomic E-state index is 0.262. The van der Waals surface area contributed by atoms with Gasteiger partial charge >= 0.3 is 5.97 Å². The highest BCUT2D eigenvalue weighted by molar-refractivity contribution is 5.73. The number of carboxylic acid groups (broad SMARTS) is 1. The van der Waals surface area contributed by atoms with Crippen LogP contribution in [0.2, 0.25) is 0 Å². The van der Waals surface area contributed by atoms with Crippen molar-refractivity contribution in [2.75, 3.05) is 12.4 Å². The fourth-order valence-corrected chi connectivity index (χ4v) is 4.02. The maximum Gasteiger partial charge on any atom is 0.320 e. The third kappa shape index (κ3) is 6.02. The van der Waals surface area contributed by atoms with Crippen LogP contribution in [0.3, 0.4) is 0 Å². The molecule has 0 saturated heterocycles. The summed E-state index contributed by atoms with van der Waals surface area (Å²) in [6.07, 6.45) is 8.56. The number of anilines is 1. The van der Waals surface area contributed by atoms with Crippen LogP contribution >= 0.6 is 0 Å². The third-order valence-electron chi connectivity index (χ3n) is 5.97. The molecule has 4 N–H and O–H groups in total. The lowest BCUT2D eigenvalue weighted by atomic mass is 10.0. The number of hydrogen-bond acceptors (Lipinski definition) is 7. The quantitative estimate of drug-likeness (QED) is 0.413. The first-order chi connectivity index (χ1) is 16.5. The van der Waals surface area contributed by atoms with Crippen molar-refractivity contribution in [2.45, 2.75) is 50.8 Å². The van der Waals surface area contributed by atoms with Crippen molar-refractivity contribution in [3.63, 3.8) is 0 Å². The molecule has 1 heterocycles. The molecule has 0 spiro atoms. The summed E-state index contributed by atoms with van der Waals surface area (Å²) in [5.41, 5.74) is 9.16. The zero-order valence-corrected chi connectivity index (χ0v) is 19.2. The van der Waals surface area contributed by atoms with E-state index in [4.69, 9.17) is 20.3 Å². The van der Waals surface area contributed by atoms with Gasteiger partial charge in [-0.15, -0.1) is 0 Å². The number of carbonyl (C=O) groups is 1. The molecule has 1 atom stereocenters. The molecule has 178 valence electrons. The molecule has 1 aliphatic rings. The van der Waals surface area contributed by atoms with E-state index in [2.05, 4.69) is 15.3 Å². The van der Waals surface area contributed by atoms with Crippen LogP contribution < -0.4 is 20.5 Å². The number of nitrogens with two attached hydrogens (primary N) is 1. The average Bonchev–Trinajstić information content (AvgIpc) is 3.37. The Kier molecular flexibility index (Phi) is 7.59. The SMILES string of the molecule is COc1ccc(CNc2cnc(-c3ccc(C[C@H](N)C(=O)O)cc3)cn2)cc1OC1CCCC1. The maximum absolute atomic E-state index is 10.9. The number of carboxylic acids is 1. The fraction of sp³-hybridized carbons (Fsp3) is 0.346. The summed E-state index contributed by atoms with van der Waals surface area (Å²) in [7, 11) is 1.66. The molecule has 1 fully saturated rings. The Hall–Kier alpha value is -3.65. The van der Waals surface area contributed by atoms with Gasteiger partial charge in [0.05, 0.1) is 31.3 Å². The number of rotatable bonds is 10. The zero-order valence-electron chi connectivity index (χ0n) is 19.2. The van der Waals surface area contributed by atoms with Crippen LogP contribution in [0.25, 0.3) is 11.3 Å². The number of aromatic nitrogens is 2. The summed E-state index contributed by atoms with van der Waals surface area (Å²) in [6.45, 7) is 0.581. The van der Waals surface area contributed by atoms with Gasteiger partial charge in [-0.25, -0.2) is 4.98 Å². The standard InChI is InChI=1S/C26H30N4O4/c1-33-23-11-8-18(13-24(23)34-20-4-2-3-5-20)14-29-25-16-28-22(15-30-25)19-9-6-17(7-10-19)12-21(27)26(31)32/h6-11,13,15-16,20-21H,2-5,12,14,27H2,1H3,(H,29,30)(H,31,32)/t21-/m0/s1. The van der Waals surface area contributed by atoms with Gasteiger partial charge in [0, 0.05) is 12.1 Å². The molecule has 8 heteroatoms.